The molecule has 0 aliphatic rings. The Balaban J connectivity index is 2.56. The van der Waals surface area contributed by atoms with Crippen LogP contribution in [-0.2, 0) is 9.59 Å². The molecule has 0 fully saturated rings. The zero-order valence-electron chi connectivity index (χ0n) is 12.6. The van der Waals surface area contributed by atoms with Gasteiger partial charge in [-0.25, -0.2) is 4.98 Å². The fourth-order valence-electron chi connectivity index (χ4n) is 1.87. The van der Waals surface area contributed by atoms with Crippen molar-refractivity contribution in [3.8, 4) is 0 Å². The molecule has 0 aliphatic carbocycles. The second-order valence-electron chi connectivity index (χ2n) is 4.78. The number of rotatable bonds is 9. The molecule has 0 atom stereocenters. The molecule has 1 heterocycles. The lowest BCUT2D eigenvalue weighted by molar-refractivity contribution is -0.138. The standard InChI is InChI=1S/C15H23N3O3/c1-3-5-10-18(4-2)13-7-6-12(11-16-13)17-14(19)8-9-15(20)21/h6-7,11H,3-5,8-10H2,1-2H3,(H,17,19)(H,20,21). The fourth-order valence-corrected chi connectivity index (χ4v) is 1.87. The number of nitrogens with one attached hydrogen (secondary N) is 1. The molecule has 116 valence electrons. The van der Waals surface area contributed by atoms with E-state index in [0.717, 1.165) is 31.7 Å². The summed E-state index contributed by atoms with van der Waals surface area (Å²) in [5.74, 6) is -0.409. The molecular weight excluding hydrogens is 270 g/mol. The number of hydrogen-bond donors (Lipinski definition) is 2. The first-order chi connectivity index (χ1) is 10.1. The summed E-state index contributed by atoms with van der Waals surface area (Å²) in [6.45, 7) is 6.08. The average molecular weight is 293 g/mol. The smallest absolute Gasteiger partial charge is 0.303 e. The van der Waals surface area contributed by atoms with E-state index in [1.165, 1.54) is 0 Å². The highest BCUT2D eigenvalue weighted by atomic mass is 16.4. The number of carbonyl (C=O) groups is 2. The van der Waals surface area contributed by atoms with Gasteiger partial charge in [-0.3, -0.25) is 9.59 Å². The molecule has 0 aliphatic heterocycles. The Bertz CT molecular complexity index is 460. The number of carboxylic acids is 1. The third-order valence-electron chi connectivity index (χ3n) is 3.08. The predicted molar refractivity (Wildman–Crippen MR) is 82.5 cm³/mol. The normalized spacial score (nSPS) is 10.2. The van der Waals surface area contributed by atoms with E-state index in [4.69, 9.17) is 5.11 Å². The lowest BCUT2D eigenvalue weighted by atomic mass is 10.3. The number of aromatic nitrogens is 1. The van der Waals surface area contributed by atoms with Gasteiger partial charge in [-0.05, 0) is 25.5 Å². The van der Waals surface area contributed by atoms with E-state index >= 15 is 0 Å². The number of unbranched alkanes of at least 4 members (excludes halogenated alkanes) is 1. The Kier molecular flexibility index (Phi) is 7.21. The summed E-state index contributed by atoms with van der Waals surface area (Å²) in [6.07, 6.45) is 3.65. The van der Waals surface area contributed by atoms with Gasteiger partial charge in [-0.15, -0.1) is 0 Å². The van der Waals surface area contributed by atoms with Crippen LogP contribution in [0.3, 0.4) is 0 Å². The van der Waals surface area contributed by atoms with Crippen LogP contribution >= 0.6 is 0 Å². The lowest BCUT2D eigenvalue weighted by Crippen LogP contribution is -2.24. The quantitative estimate of drug-likeness (QED) is 0.731. The Hall–Kier alpha value is -2.11. The summed E-state index contributed by atoms with van der Waals surface area (Å²) in [5.41, 5.74) is 0.584. The Morgan fingerprint density at radius 3 is 2.57 bits per heavy atom. The Morgan fingerprint density at radius 1 is 1.29 bits per heavy atom. The van der Waals surface area contributed by atoms with Crippen molar-refractivity contribution in [3.05, 3.63) is 18.3 Å². The van der Waals surface area contributed by atoms with Gasteiger partial charge in [0.2, 0.25) is 5.91 Å². The second-order valence-corrected chi connectivity index (χ2v) is 4.78. The van der Waals surface area contributed by atoms with Gasteiger partial charge < -0.3 is 15.3 Å². The first kappa shape index (κ1) is 16.9. The van der Waals surface area contributed by atoms with E-state index < -0.39 is 5.97 Å². The monoisotopic (exact) mass is 293 g/mol. The number of hydrogen-bond acceptors (Lipinski definition) is 4. The number of aliphatic carboxylic acids is 1. The lowest BCUT2D eigenvalue weighted by Gasteiger charge is -2.21. The zero-order valence-corrected chi connectivity index (χ0v) is 12.6. The SMILES string of the molecule is CCCCN(CC)c1ccc(NC(=O)CCC(=O)O)cn1. The summed E-state index contributed by atoms with van der Waals surface area (Å²) < 4.78 is 0. The molecule has 0 radical (unpaired) electrons. The molecule has 0 saturated carbocycles. The predicted octanol–water partition coefficient (Wildman–Crippen LogP) is 2.51. The number of anilines is 2. The molecule has 0 spiro atoms. The van der Waals surface area contributed by atoms with E-state index in [1.54, 1.807) is 12.3 Å². The van der Waals surface area contributed by atoms with Crippen molar-refractivity contribution >= 4 is 23.4 Å². The van der Waals surface area contributed by atoms with Crippen LogP contribution in [0.1, 0.15) is 39.5 Å². The van der Waals surface area contributed by atoms with Crippen LogP contribution in [0.25, 0.3) is 0 Å². The van der Waals surface area contributed by atoms with E-state index in [-0.39, 0.29) is 18.7 Å². The van der Waals surface area contributed by atoms with E-state index in [2.05, 4.69) is 29.0 Å². The molecule has 0 unspecified atom stereocenters. The van der Waals surface area contributed by atoms with Crippen LogP contribution in [0.5, 0.6) is 0 Å². The Morgan fingerprint density at radius 2 is 2.05 bits per heavy atom. The van der Waals surface area contributed by atoms with Crippen LogP contribution in [0.2, 0.25) is 0 Å². The molecule has 2 N–H and O–H groups in total. The van der Waals surface area contributed by atoms with Gasteiger partial charge in [0.15, 0.2) is 0 Å². The maximum atomic E-state index is 11.5. The van der Waals surface area contributed by atoms with Crippen LogP contribution in [0.15, 0.2) is 18.3 Å². The van der Waals surface area contributed by atoms with Crippen LogP contribution < -0.4 is 10.2 Å². The molecule has 6 heteroatoms. The number of nitrogens with zero attached hydrogens (tertiary/aromatic N) is 2. The minimum absolute atomic E-state index is 0.0331. The molecule has 0 aromatic carbocycles. The highest BCUT2D eigenvalue weighted by Crippen LogP contribution is 2.15. The summed E-state index contributed by atoms with van der Waals surface area (Å²) in [4.78, 5) is 28.4. The van der Waals surface area contributed by atoms with Gasteiger partial charge in [0, 0.05) is 19.5 Å². The maximum absolute atomic E-state index is 11.5. The Labute approximate surface area is 125 Å². The number of carbonyl (C=O) groups excluding carboxylic acids is 1. The van der Waals surface area contributed by atoms with E-state index in [9.17, 15) is 9.59 Å². The zero-order chi connectivity index (χ0) is 15.7. The van der Waals surface area contributed by atoms with Crippen molar-refractivity contribution < 1.29 is 14.7 Å². The first-order valence-corrected chi connectivity index (χ1v) is 7.29. The highest BCUT2D eigenvalue weighted by molar-refractivity contribution is 5.92. The molecule has 0 saturated heterocycles. The highest BCUT2D eigenvalue weighted by Gasteiger charge is 2.08. The number of carboxylic acid groups (broad SMARTS) is 1. The molecule has 1 amide bonds. The molecule has 1 rings (SSSR count). The van der Waals surface area contributed by atoms with Crippen LogP contribution in [0, 0.1) is 0 Å². The minimum atomic E-state index is -0.979. The molecule has 1 aromatic rings. The van der Waals surface area contributed by atoms with Gasteiger partial charge in [-0.1, -0.05) is 13.3 Å². The van der Waals surface area contributed by atoms with Crippen LogP contribution in [-0.4, -0.2) is 35.1 Å². The number of amides is 1. The van der Waals surface area contributed by atoms with Crippen molar-refractivity contribution in [2.24, 2.45) is 0 Å². The molecular formula is C15H23N3O3. The van der Waals surface area contributed by atoms with Gasteiger partial charge >= 0.3 is 5.97 Å². The third kappa shape index (κ3) is 6.25. The minimum Gasteiger partial charge on any atom is -0.481 e. The summed E-state index contributed by atoms with van der Waals surface area (Å²) in [7, 11) is 0. The third-order valence-corrected chi connectivity index (χ3v) is 3.08. The van der Waals surface area contributed by atoms with Crippen molar-refractivity contribution in [1.29, 1.82) is 0 Å². The molecule has 21 heavy (non-hydrogen) atoms. The molecule has 0 bridgehead atoms. The van der Waals surface area contributed by atoms with Gasteiger partial charge in [-0.2, -0.15) is 0 Å². The maximum Gasteiger partial charge on any atom is 0.303 e. The van der Waals surface area contributed by atoms with E-state index in [0.29, 0.717) is 5.69 Å². The fraction of sp³-hybridized carbons (Fsp3) is 0.533. The van der Waals surface area contributed by atoms with Crippen LogP contribution in [0.4, 0.5) is 11.5 Å². The second kappa shape index (κ2) is 8.94. The average Bonchev–Trinajstić information content (AvgIpc) is 2.47. The van der Waals surface area contributed by atoms with Crippen molar-refractivity contribution in [2.75, 3.05) is 23.3 Å². The van der Waals surface area contributed by atoms with E-state index in [1.807, 2.05) is 6.07 Å². The van der Waals surface area contributed by atoms with Crippen molar-refractivity contribution in [2.45, 2.75) is 39.5 Å². The van der Waals surface area contributed by atoms with Gasteiger partial charge in [0.25, 0.3) is 0 Å². The topological polar surface area (TPSA) is 82.5 Å². The summed E-state index contributed by atoms with van der Waals surface area (Å²) in [5, 5.41) is 11.2. The summed E-state index contributed by atoms with van der Waals surface area (Å²) in [6, 6.07) is 3.65. The van der Waals surface area contributed by atoms with Crippen molar-refractivity contribution in [1.82, 2.24) is 4.98 Å². The molecule has 1 aromatic heterocycles. The first-order valence-electron chi connectivity index (χ1n) is 7.29. The molecule has 6 nitrogen and oxygen atoms in total. The largest absolute Gasteiger partial charge is 0.481 e. The van der Waals surface area contributed by atoms with Gasteiger partial charge in [0.1, 0.15) is 5.82 Å². The van der Waals surface area contributed by atoms with Crippen molar-refractivity contribution in [3.63, 3.8) is 0 Å². The van der Waals surface area contributed by atoms with Gasteiger partial charge in [0.05, 0.1) is 18.3 Å². The summed E-state index contributed by atoms with van der Waals surface area (Å²) >= 11 is 0. The number of pyridine rings is 1.